The van der Waals surface area contributed by atoms with Crippen LogP contribution in [0.25, 0.3) is 0 Å². The highest BCUT2D eigenvalue weighted by molar-refractivity contribution is 6.31. The molecule has 19 heavy (non-hydrogen) atoms. The molecule has 0 bridgehead atoms. The summed E-state index contributed by atoms with van der Waals surface area (Å²) in [4.78, 5) is 2.38. The molecule has 1 aliphatic rings. The number of hydrazine groups is 1. The average Bonchev–Trinajstić information content (AvgIpc) is 2.46. The van der Waals surface area contributed by atoms with Crippen LogP contribution in [0, 0.1) is 0 Å². The van der Waals surface area contributed by atoms with Crippen LogP contribution in [0.15, 0.2) is 24.3 Å². The third kappa shape index (κ3) is 3.91. The van der Waals surface area contributed by atoms with Crippen LogP contribution in [0.3, 0.4) is 0 Å². The van der Waals surface area contributed by atoms with E-state index in [0.29, 0.717) is 0 Å². The van der Waals surface area contributed by atoms with Gasteiger partial charge in [-0.1, -0.05) is 36.7 Å². The van der Waals surface area contributed by atoms with Crippen LogP contribution in [0.2, 0.25) is 5.02 Å². The Bertz CT molecular complexity index is 402. The number of hydrogen-bond donors (Lipinski definition) is 2. The minimum Gasteiger partial charge on any atom is -0.374 e. The second-order valence-electron chi connectivity index (χ2n) is 4.87. The maximum atomic E-state index is 6.20. The molecule has 2 rings (SSSR count). The van der Waals surface area contributed by atoms with Crippen molar-refractivity contribution < 1.29 is 4.74 Å². The van der Waals surface area contributed by atoms with Crippen molar-refractivity contribution >= 4 is 11.6 Å². The first-order valence-corrected chi connectivity index (χ1v) is 7.16. The molecule has 1 heterocycles. The highest BCUT2D eigenvalue weighted by Crippen LogP contribution is 2.19. The minimum absolute atomic E-state index is 0.0780. The quantitative estimate of drug-likeness (QED) is 0.634. The van der Waals surface area contributed by atoms with Crippen molar-refractivity contribution in [1.82, 2.24) is 10.3 Å². The number of hydrogen-bond acceptors (Lipinski definition) is 4. The molecule has 5 heteroatoms. The number of nitrogens with two attached hydrogens (primary N) is 1. The second-order valence-corrected chi connectivity index (χ2v) is 5.28. The molecule has 2 atom stereocenters. The number of morpholine rings is 1. The summed E-state index contributed by atoms with van der Waals surface area (Å²) in [7, 11) is 0. The Labute approximate surface area is 119 Å². The summed E-state index contributed by atoms with van der Waals surface area (Å²) in [6.07, 6.45) is 0.883. The molecule has 106 valence electrons. The molecule has 3 N–H and O–H groups in total. The first kappa shape index (κ1) is 14.8. The lowest BCUT2D eigenvalue weighted by atomic mass is 10.0. The number of nitrogens with zero attached hydrogens (tertiary/aromatic N) is 1. The summed E-state index contributed by atoms with van der Waals surface area (Å²) in [5, 5.41) is 0.783. The van der Waals surface area contributed by atoms with Gasteiger partial charge in [-0.05, 0) is 24.6 Å². The third-order valence-corrected chi connectivity index (χ3v) is 4.05. The van der Waals surface area contributed by atoms with Gasteiger partial charge in [-0.25, -0.2) is 0 Å². The standard InChI is InChI=1S/C14H22ClN3O/c1-2-18-7-8-19-14(10-18)13(17-16)9-11-5-3-4-6-12(11)15/h3-6,13-14,17H,2,7-10,16H2,1H3. The van der Waals surface area contributed by atoms with E-state index in [1.165, 1.54) is 0 Å². The largest absolute Gasteiger partial charge is 0.374 e. The Hall–Kier alpha value is -0.650. The number of likely N-dealkylation sites (N-methyl/N-ethyl adjacent to an activating group) is 1. The van der Waals surface area contributed by atoms with Gasteiger partial charge in [0.2, 0.25) is 0 Å². The molecule has 0 aromatic heterocycles. The van der Waals surface area contributed by atoms with Crippen molar-refractivity contribution in [2.75, 3.05) is 26.2 Å². The zero-order valence-electron chi connectivity index (χ0n) is 11.3. The van der Waals surface area contributed by atoms with Gasteiger partial charge in [0.15, 0.2) is 0 Å². The topological polar surface area (TPSA) is 50.5 Å². The first-order valence-electron chi connectivity index (χ1n) is 6.78. The summed E-state index contributed by atoms with van der Waals surface area (Å²) in [5.74, 6) is 5.70. The van der Waals surface area contributed by atoms with Gasteiger partial charge in [0.1, 0.15) is 0 Å². The lowest BCUT2D eigenvalue weighted by Gasteiger charge is -2.36. The van der Waals surface area contributed by atoms with Gasteiger partial charge >= 0.3 is 0 Å². The molecule has 0 spiro atoms. The molecule has 2 unspecified atom stereocenters. The number of halogens is 1. The summed E-state index contributed by atoms with van der Waals surface area (Å²) in [6.45, 7) is 5.88. The van der Waals surface area contributed by atoms with E-state index in [0.717, 1.165) is 43.2 Å². The smallest absolute Gasteiger partial charge is 0.0871 e. The van der Waals surface area contributed by atoms with Gasteiger partial charge in [-0.15, -0.1) is 0 Å². The fourth-order valence-corrected chi connectivity index (χ4v) is 2.67. The molecule has 4 nitrogen and oxygen atoms in total. The molecule has 0 amide bonds. The Kier molecular flexibility index (Phi) is 5.60. The lowest BCUT2D eigenvalue weighted by Crippen LogP contribution is -2.54. The van der Waals surface area contributed by atoms with Crippen LogP contribution < -0.4 is 11.3 Å². The van der Waals surface area contributed by atoms with E-state index in [1.807, 2.05) is 24.3 Å². The van der Waals surface area contributed by atoms with Crippen molar-refractivity contribution in [3.8, 4) is 0 Å². The minimum atomic E-state index is 0.0780. The predicted octanol–water partition coefficient (Wildman–Crippen LogP) is 1.44. The highest BCUT2D eigenvalue weighted by atomic mass is 35.5. The van der Waals surface area contributed by atoms with E-state index in [2.05, 4.69) is 17.2 Å². The van der Waals surface area contributed by atoms with Crippen molar-refractivity contribution in [3.05, 3.63) is 34.9 Å². The van der Waals surface area contributed by atoms with Gasteiger partial charge in [-0.3, -0.25) is 16.2 Å². The SMILES string of the molecule is CCN1CCOC(C(Cc2ccccc2Cl)NN)C1. The summed E-state index contributed by atoms with van der Waals surface area (Å²) < 4.78 is 5.85. The van der Waals surface area contributed by atoms with Crippen LogP contribution in [-0.2, 0) is 11.2 Å². The monoisotopic (exact) mass is 283 g/mol. The summed E-state index contributed by atoms with van der Waals surface area (Å²) in [6, 6.07) is 7.95. The van der Waals surface area contributed by atoms with E-state index in [-0.39, 0.29) is 12.1 Å². The Morgan fingerprint density at radius 2 is 2.32 bits per heavy atom. The third-order valence-electron chi connectivity index (χ3n) is 3.69. The normalized spacial score (nSPS) is 22.4. The molecular weight excluding hydrogens is 262 g/mol. The van der Waals surface area contributed by atoms with E-state index in [4.69, 9.17) is 22.2 Å². The molecule has 0 aliphatic carbocycles. The van der Waals surface area contributed by atoms with Gasteiger partial charge in [0, 0.05) is 18.1 Å². The van der Waals surface area contributed by atoms with Crippen molar-refractivity contribution in [2.45, 2.75) is 25.5 Å². The Morgan fingerprint density at radius 3 is 3.00 bits per heavy atom. The van der Waals surface area contributed by atoms with Gasteiger partial charge < -0.3 is 4.74 Å². The van der Waals surface area contributed by atoms with Crippen LogP contribution in [0.4, 0.5) is 0 Å². The molecule has 1 aliphatic heterocycles. The molecule has 1 aromatic carbocycles. The fourth-order valence-electron chi connectivity index (χ4n) is 2.46. The summed E-state index contributed by atoms with van der Waals surface area (Å²) >= 11 is 6.20. The maximum absolute atomic E-state index is 6.20. The van der Waals surface area contributed by atoms with E-state index in [9.17, 15) is 0 Å². The zero-order chi connectivity index (χ0) is 13.7. The molecule has 1 saturated heterocycles. The van der Waals surface area contributed by atoms with Crippen molar-refractivity contribution in [1.29, 1.82) is 0 Å². The molecule has 0 saturated carbocycles. The zero-order valence-corrected chi connectivity index (χ0v) is 12.1. The number of nitrogens with one attached hydrogen (secondary N) is 1. The van der Waals surface area contributed by atoms with Crippen LogP contribution >= 0.6 is 11.6 Å². The number of ether oxygens (including phenoxy) is 1. The van der Waals surface area contributed by atoms with Gasteiger partial charge in [-0.2, -0.15) is 0 Å². The average molecular weight is 284 g/mol. The van der Waals surface area contributed by atoms with E-state index in [1.54, 1.807) is 0 Å². The number of benzene rings is 1. The van der Waals surface area contributed by atoms with E-state index >= 15 is 0 Å². The summed E-state index contributed by atoms with van der Waals surface area (Å²) in [5.41, 5.74) is 3.98. The van der Waals surface area contributed by atoms with Crippen molar-refractivity contribution in [2.24, 2.45) is 5.84 Å². The Morgan fingerprint density at radius 1 is 1.53 bits per heavy atom. The first-order chi connectivity index (χ1) is 9.24. The maximum Gasteiger partial charge on any atom is 0.0871 e. The molecule has 1 aromatic rings. The highest BCUT2D eigenvalue weighted by Gasteiger charge is 2.27. The fraction of sp³-hybridized carbons (Fsp3) is 0.571. The molecule has 1 fully saturated rings. The van der Waals surface area contributed by atoms with Crippen LogP contribution in [0.5, 0.6) is 0 Å². The Balaban J connectivity index is 2.01. The molecule has 0 radical (unpaired) electrons. The molecular formula is C14H22ClN3O. The number of rotatable bonds is 5. The lowest BCUT2D eigenvalue weighted by molar-refractivity contribution is -0.0447. The van der Waals surface area contributed by atoms with Gasteiger partial charge in [0.05, 0.1) is 18.8 Å². The van der Waals surface area contributed by atoms with Crippen LogP contribution in [0.1, 0.15) is 12.5 Å². The second kappa shape index (κ2) is 7.22. The van der Waals surface area contributed by atoms with E-state index < -0.39 is 0 Å². The van der Waals surface area contributed by atoms with Crippen molar-refractivity contribution in [3.63, 3.8) is 0 Å². The van der Waals surface area contributed by atoms with Gasteiger partial charge in [0.25, 0.3) is 0 Å². The van der Waals surface area contributed by atoms with Crippen LogP contribution in [-0.4, -0.2) is 43.3 Å². The predicted molar refractivity (Wildman–Crippen MR) is 78.1 cm³/mol.